The number of H-pyrrole nitrogens is 1. The summed E-state index contributed by atoms with van der Waals surface area (Å²) in [6.07, 6.45) is 0.423. The summed E-state index contributed by atoms with van der Waals surface area (Å²) in [4.78, 5) is 21.4. The van der Waals surface area contributed by atoms with Gasteiger partial charge in [-0.3, -0.25) is 4.79 Å². The molecule has 8 heteroatoms. The number of fused-ring (bicyclic) bond motifs is 2. The van der Waals surface area contributed by atoms with E-state index in [0.29, 0.717) is 18.2 Å². The average Bonchev–Trinajstić information content (AvgIpc) is 3.31. The molecule has 0 aliphatic carbocycles. The van der Waals surface area contributed by atoms with Crippen LogP contribution >= 0.6 is 27.3 Å². The number of nitrogens with zero attached hydrogens (tertiary/aromatic N) is 3. The first-order valence-corrected chi connectivity index (χ1v) is 9.81. The van der Waals surface area contributed by atoms with Gasteiger partial charge < -0.3 is 10.3 Å². The molecule has 0 fully saturated rings. The Labute approximate surface area is 161 Å². The van der Waals surface area contributed by atoms with Gasteiger partial charge in [-0.1, -0.05) is 12.1 Å². The van der Waals surface area contributed by atoms with Crippen LogP contribution in [0.5, 0.6) is 0 Å². The van der Waals surface area contributed by atoms with Crippen molar-refractivity contribution in [1.29, 1.82) is 0 Å². The molecule has 0 spiro atoms. The lowest BCUT2D eigenvalue weighted by Gasteiger charge is -2.22. The van der Waals surface area contributed by atoms with Crippen LogP contribution in [-0.2, 0) is 4.79 Å². The predicted molar refractivity (Wildman–Crippen MR) is 105 cm³/mol. The molecule has 4 aromatic rings. The Hall–Kier alpha value is -2.45. The van der Waals surface area contributed by atoms with Gasteiger partial charge >= 0.3 is 0 Å². The maximum atomic E-state index is 12.4. The van der Waals surface area contributed by atoms with Gasteiger partial charge in [0.05, 0.1) is 20.5 Å². The quantitative estimate of drug-likeness (QED) is 0.498. The van der Waals surface area contributed by atoms with Crippen LogP contribution in [0, 0.1) is 6.92 Å². The summed E-state index contributed by atoms with van der Waals surface area (Å²) in [5.41, 5.74) is 3.75. The second-order valence-corrected chi connectivity index (χ2v) is 8.78. The monoisotopic (exact) mass is 427 g/mol. The average molecular weight is 428 g/mol. The fourth-order valence-electron chi connectivity index (χ4n) is 3.50. The lowest BCUT2D eigenvalue weighted by atomic mass is 9.91. The van der Waals surface area contributed by atoms with Gasteiger partial charge in [-0.05, 0) is 47.1 Å². The number of para-hydroxylation sites is 2. The molecular weight excluding hydrogens is 414 g/mol. The van der Waals surface area contributed by atoms with E-state index in [1.165, 1.54) is 0 Å². The van der Waals surface area contributed by atoms with Crippen LogP contribution in [0.15, 0.2) is 40.2 Å². The van der Waals surface area contributed by atoms with Crippen molar-refractivity contribution in [3.05, 3.63) is 56.3 Å². The molecule has 0 unspecified atom stereocenters. The number of hydrogen-bond donors (Lipinski definition) is 2. The van der Waals surface area contributed by atoms with Crippen LogP contribution in [0.4, 0.5) is 5.82 Å². The molecule has 1 aromatic carbocycles. The highest BCUT2D eigenvalue weighted by atomic mass is 79.9. The van der Waals surface area contributed by atoms with Gasteiger partial charge in [-0.15, -0.1) is 11.3 Å². The zero-order chi connectivity index (χ0) is 17.8. The van der Waals surface area contributed by atoms with Gasteiger partial charge in [0, 0.05) is 22.8 Å². The number of halogens is 1. The van der Waals surface area contributed by atoms with Crippen LogP contribution < -0.4 is 5.32 Å². The summed E-state index contributed by atoms with van der Waals surface area (Å²) in [6, 6.07) is 11.9. The molecule has 1 atom stereocenters. The van der Waals surface area contributed by atoms with Crippen molar-refractivity contribution in [2.24, 2.45) is 0 Å². The standard InChI is InChI=1S/C18H14BrN5OS/c1-9-16-10(13-6-7-14(19)26-13)8-15(25)22-17(16)24(23-9)18-20-11-4-2-3-5-12(11)21-18/h2-7,10H,8H2,1H3,(H,20,21)(H,22,25)/t10-/m0/s1. The number of thiophene rings is 1. The molecule has 5 rings (SSSR count). The second-order valence-electron chi connectivity index (χ2n) is 6.28. The van der Waals surface area contributed by atoms with Crippen LogP contribution in [0.25, 0.3) is 17.0 Å². The fourth-order valence-corrected chi connectivity index (χ4v) is 5.03. The maximum absolute atomic E-state index is 12.4. The number of imidazole rings is 1. The van der Waals surface area contributed by atoms with Crippen LogP contribution in [0.1, 0.15) is 28.5 Å². The first-order chi connectivity index (χ1) is 12.6. The number of aromatic amines is 1. The van der Waals surface area contributed by atoms with E-state index in [9.17, 15) is 4.79 Å². The summed E-state index contributed by atoms with van der Waals surface area (Å²) in [7, 11) is 0. The number of nitrogens with one attached hydrogen (secondary N) is 2. The van der Waals surface area contributed by atoms with Crippen LogP contribution in [-0.4, -0.2) is 25.7 Å². The minimum absolute atomic E-state index is 0.00757. The molecular formula is C18H14BrN5OS. The molecule has 1 amide bonds. The highest BCUT2D eigenvalue weighted by Crippen LogP contribution is 2.43. The summed E-state index contributed by atoms with van der Waals surface area (Å²) in [5.74, 6) is 1.30. The number of aryl methyl sites for hydroxylation is 1. The SMILES string of the molecule is Cc1nn(-c2nc3ccccc3[nH]2)c2c1[C@H](c1ccc(Br)s1)CC(=O)N2. The molecule has 130 valence electrons. The normalized spacial score (nSPS) is 16.7. The van der Waals surface area contributed by atoms with Gasteiger partial charge in [0.25, 0.3) is 0 Å². The predicted octanol–water partition coefficient (Wildman–Crippen LogP) is 4.36. The van der Waals surface area contributed by atoms with Gasteiger partial charge in [-0.25, -0.2) is 4.98 Å². The number of rotatable bonds is 2. The fraction of sp³-hybridized carbons (Fsp3) is 0.167. The minimum Gasteiger partial charge on any atom is -0.322 e. The van der Waals surface area contributed by atoms with E-state index < -0.39 is 0 Å². The van der Waals surface area contributed by atoms with Gasteiger partial charge in [-0.2, -0.15) is 9.78 Å². The van der Waals surface area contributed by atoms with Crippen molar-refractivity contribution in [2.45, 2.75) is 19.3 Å². The van der Waals surface area contributed by atoms with E-state index in [0.717, 1.165) is 31.0 Å². The molecule has 2 N–H and O–H groups in total. The third-order valence-corrected chi connectivity index (χ3v) is 6.35. The minimum atomic E-state index is -0.00992. The number of amides is 1. The third kappa shape index (κ3) is 2.40. The lowest BCUT2D eigenvalue weighted by molar-refractivity contribution is -0.116. The number of benzene rings is 1. The van der Waals surface area contributed by atoms with E-state index in [1.54, 1.807) is 16.0 Å². The topological polar surface area (TPSA) is 75.6 Å². The van der Waals surface area contributed by atoms with Crippen LogP contribution in [0.3, 0.4) is 0 Å². The number of carbonyl (C=O) groups excluding carboxylic acids is 1. The molecule has 1 aliphatic heterocycles. The molecule has 3 aromatic heterocycles. The van der Waals surface area contributed by atoms with E-state index in [1.807, 2.05) is 37.3 Å². The Balaban J connectivity index is 1.69. The summed E-state index contributed by atoms with van der Waals surface area (Å²) < 4.78 is 2.76. The molecule has 26 heavy (non-hydrogen) atoms. The molecule has 0 saturated carbocycles. The number of aromatic nitrogens is 4. The second kappa shape index (κ2) is 5.78. The first-order valence-electron chi connectivity index (χ1n) is 8.20. The van der Waals surface area contributed by atoms with Crippen molar-refractivity contribution in [1.82, 2.24) is 19.7 Å². The van der Waals surface area contributed by atoms with Gasteiger partial charge in [0.2, 0.25) is 11.9 Å². The zero-order valence-corrected chi connectivity index (χ0v) is 16.2. The largest absolute Gasteiger partial charge is 0.322 e. The van der Waals surface area contributed by atoms with Crippen molar-refractivity contribution in [3.63, 3.8) is 0 Å². The maximum Gasteiger partial charge on any atom is 0.231 e. The molecule has 4 heterocycles. The Kier molecular flexibility index (Phi) is 3.51. The lowest BCUT2D eigenvalue weighted by Crippen LogP contribution is -2.24. The smallest absolute Gasteiger partial charge is 0.231 e. The zero-order valence-electron chi connectivity index (χ0n) is 13.8. The Morgan fingerprint density at radius 2 is 2.12 bits per heavy atom. The molecule has 6 nitrogen and oxygen atoms in total. The Bertz CT molecular complexity index is 1120. The van der Waals surface area contributed by atoms with Crippen molar-refractivity contribution in [2.75, 3.05) is 5.32 Å². The van der Waals surface area contributed by atoms with Gasteiger partial charge in [0.15, 0.2) is 0 Å². The van der Waals surface area contributed by atoms with E-state index >= 15 is 0 Å². The molecule has 1 aliphatic rings. The molecule has 0 bridgehead atoms. The van der Waals surface area contributed by atoms with E-state index in [4.69, 9.17) is 0 Å². The van der Waals surface area contributed by atoms with Crippen molar-refractivity contribution in [3.8, 4) is 5.95 Å². The van der Waals surface area contributed by atoms with Gasteiger partial charge in [0.1, 0.15) is 5.82 Å². The number of carbonyl (C=O) groups is 1. The third-order valence-electron chi connectivity index (χ3n) is 4.62. The Morgan fingerprint density at radius 3 is 2.88 bits per heavy atom. The Morgan fingerprint density at radius 1 is 1.27 bits per heavy atom. The van der Waals surface area contributed by atoms with Crippen molar-refractivity contribution < 1.29 is 4.79 Å². The van der Waals surface area contributed by atoms with E-state index in [2.05, 4.69) is 42.4 Å². The summed E-state index contributed by atoms with van der Waals surface area (Å²) in [5, 5.41) is 7.67. The molecule has 0 saturated heterocycles. The summed E-state index contributed by atoms with van der Waals surface area (Å²) in [6.45, 7) is 1.98. The first kappa shape index (κ1) is 15.8. The van der Waals surface area contributed by atoms with E-state index in [-0.39, 0.29) is 11.8 Å². The number of hydrogen-bond acceptors (Lipinski definition) is 4. The van der Waals surface area contributed by atoms with Crippen molar-refractivity contribution >= 4 is 50.0 Å². The number of anilines is 1. The highest BCUT2D eigenvalue weighted by molar-refractivity contribution is 9.11. The highest BCUT2D eigenvalue weighted by Gasteiger charge is 2.33. The summed E-state index contributed by atoms with van der Waals surface area (Å²) >= 11 is 5.17. The van der Waals surface area contributed by atoms with Crippen LogP contribution in [0.2, 0.25) is 0 Å². The molecule has 0 radical (unpaired) electrons.